The van der Waals surface area contributed by atoms with Crippen molar-refractivity contribution in [2.75, 3.05) is 12.4 Å². The van der Waals surface area contributed by atoms with Crippen molar-refractivity contribution in [2.24, 2.45) is 0 Å². The van der Waals surface area contributed by atoms with Crippen LogP contribution in [0.1, 0.15) is 6.92 Å². The molecule has 0 atom stereocenters. The number of anilines is 1. The largest absolute Gasteiger partial charge is 1.00 e. The van der Waals surface area contributed by atoms with Gasteiger partial charge in [-0.1, -0.05) is 0 Å². The molecule has 16 heavy (non-hydrogen) atoms. The van der Waals surface area contributed by atoms with Crippen molar-refractivity contribution in [3.63, 3.8) is 0 Å². The van der Waals surface area contributed by atoms with E-state index in [1.807, 2.05) is 0 Å². The minimum atomic E-state index is -2.39. The number of carbonyl (C=O) groups is 1. The Bertz CT molecular complexity index is 451. The third kappa shape index (κ3) is 4.13. The first kappa shape index (κ1) is 15.4. The molecule has 1 amide bonds. The van der Waals surface area contributed by atoms with Gasteiger partial charge in [0.25, 0.3) is 0 Å². The third-order valence-corrected chi connectivity index (χ3v) is 2.34. The standard InChI is InChI=1S/C9H10NO4S.Na/c1-6(11)10-7-3-4-8(14-2)9(5-7)15(12)13;/h3-5H,1-2H3,(H,10,11);/q-1;+1. The van der Waals surface area contributed by atoms with Gasteiger partial charge in [-0.3, -0.25) is 4.79 Å². The number of rotatable bonds is 3. The van der Waals surface area contributed by atoms with E-state index in [4.69, 9.17) is 4.74 Å². The number of nitrogens with one attached hydrogen (secondary N) is 1. The zero-order chi connectivity index (χ0) is 11.4. The molecule has 1 N–H and O–H groups in total. The Hall–Kier alpha value is -0.560. The maximum atomic E-state index is 10.8. The molecule has 0 aliphatic heterocycles. The van der Waals surface area contributed by atoms with Crippen molar-refractivity contribution in [1.82, 2.24) is 0 Å². The van der Waals surface area contributed by atoms with E-state index in [0.717, 1.165) is 0 Å². The fraction of sp³-hybridized carbons (Fsp3) is 0.222. The molecule has 0 aliphatic carbocycles. The Kier molecular flexibility index (Phi) is 6.66. The molecule has 0 saturated carbocycles. The topological polar surface area (TPSA) is 72.5 Å². The van der Waals surface area contributed by atoms with Crippen LogP contribution in [-0.2, 0) is 23.9 Å². The zero-order valence-corrected chi connectivity index (χ0v) is 12.1. The second kappa shape index (κ2) is 6.90. The van der Waals surface area contributed by atoms with Crippen LogP contribution in [0.2, 0.25) is 0 Å². The number of ether oxygens (including phenoxy) is 1. The normalized spacial score (nSPS) is 9.44. The Morgan fingerprint density at radius 2 is 2.00 bits per heavy atom. The van der Waals surface area contributed by atoms with Gasteiger partial charge in [-0.2, -0.15) is 0 Å². The van der Waals surface area contributed by atoms with Crippen molar-refractivity contribution in [3.8, 4) is 5.75 Å². The van der Waals surface area contributed by atoms with E-state index < -0.39 is 10.7 Å². The van der Waals surface area contributed by atoms with Crippen molar-refractivity contribution >= 4 is 22.3 Å². The molecule has 0 aromatic heterocycles. The third-order valence-electron chi connectivity index (χ3n) is 1.66. The van der Waals surface area contributed by atoms with Gasteiger partial charge in [-0.15, -0.1) is 0 Å². The smallest absolute Gasteiger partial charge is 0.498 e. The van der Waals surface area contributed by atoms with E-state index >= 15 is 0 Å². The van der Waals surface area contributed by atoms with Crippen LogP contribution in [0.15, 0.2) is 23.1 Å². The first-order valence-electron chi connectivity index (χ1n) is 4.09. The Morgan fingerprint density at radius 3 is 2.44 bits per heavy atom. The van der Waals surface area contributed by atoms with Crippen LogP contribution in [0.3, 0.4) is 0 Å². The predicted molar refractivity (Wildman–Crippen MR) is 54.3 cm³/mol. The van der Waals surface area contributed by atoms with Crippen LogP contribution in [0.5, 0.6) is 5.75 Å². The van der Waals surface area contributed by atoms with Crippen LogP contribution in [0, 0.1) is 0 Å². The Morgan fingerprint density at radius 1 is 1.38 bits per heavy atom. The van der Waals surface area contributed by atoms with E-state index in [9.17, 15) is 13.2 Å². The summed E-state index contributed by atoms with van der Waals surface area (Å²) in [5, 5.41) is 2.48. The van der Waals surface area contributed by atoms with Gasteiger partial charge in [0.2, 0.25) is 5.91 Å². The minimum Gasteiger partial charge on any atom is -0.498 e. The van der Waals surface area contributed by atoms with Gasteiger partial charge in [0.05, 0.1) is 7.11 Å². The molecular weight excluding hydrogens is 241 g/mol. The number of carbonyl (C=O) groups excluding carboxylic acids is 1. The van der Waals surface area contributed by atoms with Crippen molar-refractivity contribution in [3.05, 3.63) is 18.2 Å². The Labute approximate surface area is 117 Å². The Balaban J connectivity index is 0.00000225. The van der Waals surface area contributed by atoms with E-state index in [2.05, 4.69) is 5.32 Å². The molecule has 0 spiro atoms. The van der Waals surface area contributed by atoms with Crippen molar-refractivity contribution in [2.45, 2.75) is 11.8 Å². The summed E-state index contributed by atoms with van der Waals surface area (Å²) in [5.41, 5.74) is 0.419. The number of hydrogen-bond donors (Lipinski definition) is 1. The maximum Gasteiger partial charge on any atom is 1.00 e. The molecule has 0 unspecified atom stereocenters. The fourth-order valence-corrected chi connectivity index (χ4v) is 1.63. The van der Waals surface area contributed by atoms with Gasteiger partial charge in [-0.05, 0) is 33.8 Å². The van der Waals surface area contributed by atoms with E-state index in [1.54, 1.807) is 6.07 Å². The van der Waals surface area contributed by atoms with Gasteiger partial charge in [0.1, 0.15) is 5.75 Å². The molecule has 1 rings (SSSR count). The summed E-state index contributed by atoms with van der Waals surface area (Å²) in [6.07, 6.45) is 0. The van der Waals surface area contributed by atoms with Gasteiger partial charge >= 0.3 is 29.6 Å². The average molecular weight is 251 g/mol. The van der Waals surface area contributed by atoms with E-state index in [-0.39, 0.29) is 46.1 Å². The van der Waals surface area contributed by atoms with Crippen LogP contribution < -0.4 is 39.6 Å². The van der Waals surface area contributed by atoms with Crippen LogP contribution in [-0.4, -0.2) is 13.0 Å². The fourth-order valence-electron chi connectivity index (χ4n) is 1.09. The summed E-state index contributed by atoms with van der Waals surface area (Å²) < 4.78 is 26.5. The van der Waals surface area contributed by atoms with Gasteiger partial charge < -0.3 is 18.5 Å². The molecule has 5 nitrogen and oxygen atoms in total. The predicted octanol–water partition coefficient (Wildman–Crippen LogP) is -1.67. The second-order valence-corrected chi connectivity index (χ2v) is 3.69. The van der Waals surface area contributed by atoms with Crippen molar-refractivity contribution < 1.29 is 47.5 Å². The summed E-state index contributed by atoms with van der Waals surface area (Å²) >= 11 is 0. The second-order valence-electron chi connectivity index (χ2n) is 2.78. The molecule has 0 saturated heterocycles. The maximum absolute atomic E-state index is 10.8. The number of hydrogen-bond acceptors (Lipinski definition) is 5. The summed E-state index contributed by atoms with van der Waals surface area (Å²) in [4.78, 5) is 10.8. The molecule has 82 valence electrons. The van der Waals surface area contributed by atoms with E-state index in [0.29, 0.717) is 5.69 Å². The monoisotopic (exact) mass is 251 g/mol. The zero-order valence-electron chi connectivity index (χ0n) is 9.27. The van der Waals surface area contributed by atoms with Crippen LogP contribution >= 0.6 is 0 Å². The summed E-state index contributed by atoms with van der Waals surface area (Å²) in [7, 11) is -1.01. The molecule has 0 heterocycles. The molecule has 0 fully saturated rings. The quantitative estimate of drug-likeness (QED) is 0.515. The van der Waals surface area contributed by atoms with Crippen molar-refractivity contribution in [1.29, 1.82) is 0 Å². The molecule has 0 radical (unpaired) electrons. The summed E-state index contributed by atoms with van der Waals surface area (Å²) in [5.74, 6) is -0.0137. The molecule has 1 aromatic rings. The molecule has 7 heteroatoms. The van der Waals surface area contributed by atoms with Crippen LogP contribution in [0.4, 0.5) is 5.69 Å². The molecular formula is C9H10NNaO4S. The number of amides is 1. The molecule has 0 aliphatic rings. The number of methoxy groups -OCH3 is 1. The first-order chi connectivity index (χ1) is 7.04. The summed E-state index contributed by atoms with van der Waals surface area (Å²) in [6, 6.07) is 4.39. The minimum absolute atomic E-state index is 0. The average Bonchev–Trinajstić information content (AvgIpc) is 2.16. The summed E-state index contributed by atoms with van der Waals surface area (Å²) in [6.45, 7) is 1.35. The number of benzene rings is 1. The van der Waals surface area contributed by atoms with Gasteiger partial charge in [0.15, 0.2) is 0 Å². The molecule has 0 bridgehead atoms. The SMILES string of the molecule is COc1ccc(NC(C)=O)cc1[S-](=O)=O.[Na+]. The van der Waals surface area contributed by atoms with E-state index in [1.165, 1.54) is 26.2 Å². The van der Waals surface area contributed by atoms with Gasteiger partial charge in [0, 0.05) is 12.6 Å². The van der Waals surface area contributed by atoms with Crippen LogP contribution in [0.25, 0.3) is 0 Å². The first-order valence-corrected chi connectivity index (χ1v) is 5.17. The van der Waals surface area contributed by atoms with Gasteiger partial charge in [-0.25, -0.2) is 0 Å². The molecule has 1 aromatic carbocycles.